The number of hydrogen-bond donors (Lipinski definition) is 0. The van der Waals surface area contributed by atoms with E-state index in [1.807, 2.05) is 109 Å². The zero-order chi connectivity index (χ0) is 31.6. The lowest BCUT2D eigenvalue weighted by atomic mass is 10.0. The van der Waals surface area contributed by atoms with Gasteiger partial charge in [0, 0.05) is 17.5 Å². The number of rotatable bonds is 14. The van der Waals surface area contributed by atoms with Crippen LogP contribution in [0.3, 0.4) is 0 Å². The number of fused-ring (bicyclic) bond motifs is 1. The van der Waals surface area contributed by atoms with Crippen LogP contribution in [0, 0.1) is 0 Å². The summed E-state index contributed by atoms with van der Waals surface area (Å²) in [6, 6.07) is 39.0. The minimum atomic E-state index is -0.460. The molecule has 0 spiro atoms. The molecule has 0 fully saturated rings. The van der Waals surface area contributed by atoms with E-state index < -0.39 is 5.97 Å². The fourth-order valence-electron chi connectivity index (χ4n) is 5.25. The average molecular weight is 613 g/mol. The SMILES string of the molecule is C=CCc1cc2c(cc1OCc1ccccc1)CC(COC(=O)c1ccc(OCc3ccccc3)c(OCc3ccccc3)c1)O2. The lowest BCUT2D eigenvalue weighted by Crippen LogP contribution is -2.23. The van der Waals surface area contributed by atoms with E-state index in [4.69, 9.17) is 23.7 Å². The van der Waals surface area contributed by atoms with E-state index in [0.29, 0.717) is 49.7 Å². The first-order valence-electron chi connectivity index (χ1n) is 15.4. The maximum Gasteiger partial charge on any atom is 0.338 e. The molecule has 1 aliphatic rings. The molecule has 1 atom stereocenters. The van der Waals surface area contributed by atoms with Gasteiger partial charge in [0.25, 0.3) is 0 Å². The smallest absolute Gasteiger partial charge is 0.338 e. The largest absolute Gasteiger partial charge is 0.489 e. The third kappa shape index (κ3) is 7.96. The summed E-state index contributed by atoms with van der Waals surface area (Å²) in [6.45, 7) is 5.18. The second-order valence-corrected chi connectivity index (χ2v) is 11.1. The molecule has 1 heterocycles. The molecule has 0 N–H and O–H groups in total. The quantitative estimate of drug-likeness (QED) is 0.0929. The molecule has 0 saturated carbocycles. The van der Waals surface area contributed by atoms with Crippen LogP contribution in [0.4, 0.5) is 0 Å². The van der Waals surface area contributed by atoms with Gasteiger partial charge in [0.2, 0.25) is 0 Å². The first-order valence-corrected chi connectivity index (χ1v) is 15.4. The van der Waals surface area contributed by atoms with Crippen LogP contribution < -0.4 is 18.9 Å². The number of allylic oxidation sites excluding steroid dienone is 1. The van der Waals surface area contributed by atoms with Gasteiger partial charge in [0.1, 0.15) is 44.0 Å². The molecule has 0 saturated heterocycles. The summed E-state index contributed by atoms with van der Waals surface area (Å²) in [5, 5.41) is 0. The Hall–Kier alpha value is -5.49. The van der Waals surface area contributed by atoms with Gasteiger partial charge in [-0.2, -0.15) is 0 Å². The van der Waals surface area contributed by atoms with Crippen molar-refractivity contribution in [3.05, 3.63) is 167 Å². The number of ether oxygens (including phenoxy) is 5. The maximum absolute atomic E-state index is 13.2. The van der Waals surface area contributed by atoms with Crippen molar-refractivity contribution < 1.29 is 28.5 Å². The number of carbonyl (C=O) groups is 1. The van der Waals surface area contributed by atoms with Crippen LogP contribution >= 0.6 is 0 Å². The Balaban J connectivity index is 1.10. The fourth-order valence-corrected chi connectivity index (χ4v) is 5.25. The summed E-state index contributed by atoms with van der Waals surface area (Å²) in [7, 11) is 0. The number of esters is 1. The van der Waals surface area contributed by atoms with Gasteiger partial charge in [-0.25, -0.2) is 4.79 Å². The van der Waals surface area contributed by atoms with Crippen LogP contribution in [0.5, 0.6) is 23.0 Å². The molecule has 6 rings (SSSR count). The van der Waals surface area contributed by atoms with Crippen LogP contribution in [0.2, 0.25) is 0 Å². The summed E-state index contributed by atoms with van der Waals surface area (Å²) in [5.74, 6) is 2.14. The second kappa shape index (κ2) is 15.0. The Labute approximate surface area is 269 Å². The van der Waals surface area contributed by atoms with E-state index in [9.17, 15) is 4.79 Å². The zero-order valence-electron chi connectivity index (χ0n) is 25.6. The van der Waals surface area contributed by atoms with E-state index in [2.05, 4.69) is 6.58 Å². The predicted molar refractivity (Wildman–Crippen MR) is 178 cm³/mol. The van der Waals surface area contributed by atoms with E-state index in [0.717, 1.165) is 39.3 Å². The number of carbonyl (C=O) groups excluding carboxylic acids is 1. The molecule has 6 nitrogen and oxygen atoms in total. The highest BCUT2D eigenvalue weighted by molar-refractivity contribution is 5.90. The van der Waals surface area contributed by atoms with E-state index in [-0.39, 0.29) is 12.7 Å². The molecule has 0 radical (unpaired) electrons. The van der Waals surface area contributed by atoms with Gasteiger partial charge in [-0.3, -0.25) is 0 Å². The fraction of sp³-hybridized carbons (Fsp3) is 0.175. The van der Waals surface area contributed by atoms with E-state index in [1.165, 1.54) is 0 Å². The van der Waals surface area contributed by atoms with E-state index >= 15 is 0 Å². The summed E-state index contributed by atoms with van der Waals surface area (Å²) in [5.41, 5.74) is 5.53. The van der Waals surface area contributed by atoms with E-state index in [1.54, 1.807) is 18.2 Å². The molecule has 0 bridgehead atoms. The Kier molecular flexibility index (Phi) is 9.95. The normalized spacial score (nSPS) is 13.3. The van der Waals surface area contributed by atoms with Crippen LogP contribution in [-0.4, -0.2) is 18.7 Å². The average Bonchev–Trinajstić information content (AvgIpc) is 3.51. The zero-order valence-corrected chi connectivity index (χ0v) is 25.6. The van der Waals surface area contributed by atoms with Gasteiger partial charge in [-0.1, -0.05) is 97.1 Å². The van der Waals surface area contributed by atoms with Crippen molar-refractivity contribution in [3.8, 4) is 23.0 Å². The monoisotopic (exact) mass is 612 g/mol. The molecule has 1 aliphatic heterocycles. The predicted octanol–water partition coefficient (Wildman–Crippen LogP) is 8.31. The van der Waals surface area contributed by atoms with Crippen LogP contribution in [-0.2, 0) is 37.4 Å². The highest BCUT2D eigenvalue weighted by Crippen LogP contribution is 2.36. The summed E-state index contributed by atoms with van der Waals surface area (Å²) < 4.78 is 30.3. The molecule has 46 heavy (non-hydrogen) atoms. The molecule has 1 unspecified atom stereocenters. The van der Waals surface area contributed by atoms with Crippen LogP contribution in [0.25, 0.3) is 0 Å². The second-order valence-electron chi connectivity index (χ2n) is 11.1. The lowest BCUT2D eigenvalue weighted by molar-refractivity contribution is 0.0346. The lowest BCUT2D eigenvalue weighted by Gasteiger charge is -2.15. The molecule has 5 aromatic carbocycles. The van der Waals surface area contributed by atoms with Crippen molar-refractivity contribution in [3.63, 3.8) is 0 Å². The van der Waals surface area contributed by atoms with Gasteiger partial charge >= 0.3 is 5.97 Å². The Morgan fingerprint density at radius 2 is 1.26 bits per heavy atom. The third-order valence-corrected chi connectivity index (χ3v) is 7.64. The number of hydrogen-bond acceptors (Lipinski definition) is 6. The Morgan fingerprint density at radius 3 is 1.85 bits per heavy atom. The molecular weight excluding hydrogens is 576 g/mol. The van der Waals surface area contributed by atoms with Crippen LogP contribution in [0.1, 0.15) is 38.2 Å². The highest BCUT2D eigenvalue weighted by atomic mass is 16.6. The Morgan fingerprint density at radius 1 is 0.696 bits per heavy atom. The van der Waals surface area contributed by atoms with Gasteiger partial charge in [0.05, 0.1) is 5.56 Å². The minimum Gasteiger partial charge on any atom is -0.489 e. The Bertz CT molecular complexity index is 1750. The van der Waals surface area contributed by atoms with Crippen molar-refractivity contribution >= 4 is 5.97 Å². The number of benzene rings is 5. The van der Waals surface area contributed by atoms with Crippen molar-refractivity contribution in [1.29, 1.82) is 0 Å². The van der Waals surface area contributed by atoms with Gasteiger partial charge in [-0.15, -0.1) is 6.58 Å². The molecule has 5 aromatic rings. The molecule has 232 valence electrons. The van der Waals surface area contributed by atoms with Gasteiger partial charge in [-0.05, 0) is 53.4 Å². The maximum atomic E-state index is 13.2. The first-order chi connectivity index (χ1) is 22.6. The van der Waals surface area contributed by atoms with Crippen molar-refractivity contribution in [2.45, 2.75) is 38.8 Å². The van der Waals surface area contributed by atoms with Crippen molar-refractivity contribution in [2.75, 3.05) is 6.61 Å². The summed E-state index contributed by atoms with van der Waals surface area (Å²) in [4.78, 5) is 13.2. The topological polar surface area (TPSA) is 63.2 Å². The summed E-state index contributed by atoms with van der Waals surface area (Å²) in [6.07, 6.45) is 2.81. The molecule has 0 amide bonds. The molecular formula is C40H36O6. The van der Waals surface area contributed by atoms with Gasteiger partial charge < -0.3 is 23.7 Å². The molecule has 0 aromatic heterocycles. The first kappa shape index (κ1) is 30.5. The molecule has 6 heteroatoms. The highest BCUT2D eigenvalue weighted by Gasteiger charge is 2.27. The van der Waals surface area contributed by atoms with Crippen molar-refractivity contribution in [1.82, 2.24) is 0 Å². The standard InChI is InChI=1S/C40H36O6/c1-2-12-32-22-38-34(24-37(32)43-26-30-15-8-4-9-16-30)21-35(46-38)28-45-40(41)33-19-20-36(42-25-29-13-6-3-7-14-29)39(23-33)44-27-31-17-10-5-11-18-31/h2-11,13-20,22-24,35H,1,12,21,25-28H2. The van der Waals surface area contributed by atoms with Gasteiger partial charge in [0.15, 0.2) is 11.5 Å². The minimum absolute atomic E-state index is 0.108. The molecule has 0 aliphatic carbocycles. The third-order valence-electron chi connectivity index (χ3n) is 7.64. The van der Waals surface area contributed by atoms with Crippen molar-refractivity contribution in [2.24, 2.45) is 0 Å². The summed E-state index contributed by atoms with van der Waals surface area (Å²) >= 11 is 0. The van der Waals surface area contributed by atoms with Crippen LogP contribution in [0.15, 0.2) is 134 Å².